The van der Waals surface area contributed by atoms with Gasteiger partial charge in [-0.3, -0.25) is 4.79 Å². The fraction of sp³-hybridized carbons (Fsp3) is 0.800. The summed E-state index contributed by atoms with van der Waals surface area (Å²) in [5, 5.41) is 0. The van der Waals surface area contributed by atoms with Crippen molar-refractivity contribution in [3.8, 4) is 0 Å². The molecule has 0 heterocycles. The fourth-order valence-electron chi connectivity index (χ4n) is 0.375. The Labute approximate surface area is 52.8 Å². The third-order valence-electron chi connectivity index (χ3n) is 0.689. The van der Waals surface area contributed by atoms with Crippen molar-refractivity contribution in [1.82, 2.24) is 0 Å². The summed E-state index contributed by atoms with van der Waals surface area (Å²) in [6.45, 7) is 3.92. The van der Waals surface area contributed by atoms with Crippen LogP contribution >= 0.6 is 0 Å². The van der Waals surface area contributed by atoms with Gasteiger partial charge in [0, 0.05) is 6.42 Å². The molecule has 0 aromatic carbocycles. The first kappa shape index (κ1) is 7.69. The Kier molecular flexibility index (Phi) is 3.52. The maximum atomic E-state index is 10.4. The largest absolute Gasteiger partial charge is 0.516 e. The highest BCUT2D eigenvalue weighted by molar-refractivity contribution is 6.05. The Bertz CT molecular complexity index is 80.5. The van der Waals surface area contributed by atoms with Crippen molar-refractivity contribution in [2.24, 2.45) is 5.92 Å². The second-order valence-electron chi connectivity index (χ2n) is 2.07. The van der Waals surface area contributed by atoms with E-state index in [1.165, 1.54) is 0 Å². The van der Waals surface area contributed by atoms with Gasteiger partial charge in [0.05, 0.1) is 0 Å². The molecule has 8 heavy (non-hydrogen) atoms. The van der Waals surface area contributed by atoms with Crippen LogP contribution < -0.4 is 0 Å². The van der Waals surface area contributed by atoms with Crippen LogP contribution in [0.25, 0.3) is 0 Å². The van der Waals surface area contributed by atoms with Gasteiger partial charge in [-0.25, -0.2) is 0 Å². The van der Waals surface area contributed by atoms with Gasteiger partial charge in [0.1, 0.15) is 0 Å². The van der Waals surface area contributed by atoms with Crippen molar-refractivity contribution in [2.75, 3.05) is 0 Å². The van der Waals surface area contributed by atoms with Crippen molar-refractivity contribution in [3.05, 3.63) is 0 Å². The highest BCUT2D eigenvalue weighted by Gasteiger charge is 2.01. The van der Waals surface area contributed by atoms with Gasteiger partial charge in [0.15, 0.2) is 0 Å². The summed E-state index contributed by atoms with van der Waals surface area (Å²) >= 11 is 0. The topological polar surface area (TPSA) is 26.3 Å². The average Bonchev–Trinajstić information content (AvgIpc) is 1.65. The van der Waals surface area contributed by atoms with Gasteiger partial charge >= 0.3 is 10.5 Å². The normalized spacial score (nSPS) is 9.50. The molecule has 0 atom stereocenters. The zero-order valence-corrected chi connectivity index (χ0v) is 6.10. The monoisotopic (exact) mass is 129 g/mol. The summed E-state index contributed by atoms with van der Waals surface area (Å²) in [6, 6.07) is 0. The molecule has 3 heteroatoms. The Morgan fingerprint density at radius 1 is 1.75 bits per heavy atom. The zero-order chi connectivity index (χ0) is 6.57. The fourth-order valence-corrected chi connectivity index (χ4v) is 0.458. The van der Waals surface area contributed by atoms with Crippen LogP contribution in [0.3, 0.4) is 0 Å². The lowest BCUT2D eigenvalue weighted by molar-refractivity contribution is -0.134. The van der Waals surface area contributed by atoms with Crippen molar-refractivity contribution in [1.29, 1.82) is 0 Å². The number of carbonyl (C=O) groups excluding carboxylic acids is 1. The predicted molar refractivity (Wildman–Crippen MR) is 31.3 cm³/mol. The molecule has 0 rings (SSSR count). The first-order valence-corrected chi connectivity index (χ1v) is 2.94. The van der Waals surface area contributed by atoms with E-state index in [1.807, 2.05) is 13.8 Å². The van der Waals surface area contributed by atoms with Crippen LogP contribution in [0.1, 0.15) is 20.3 Å². The number of rotatable bonds is 2. The quantitative estimate of drug-likeness (QED) is 0.512. The van der Waals surface area contributed by atoms with E-state index in [1.54, 1.807) is 0 Å². The molecular formula is C5H9O2Si. The van der Waals surface area contributed by atoms with Crippen molar-refractivity contribution < 1.29 is 9.22 Å². The molecule has 0 aliphatic rings. The second kappa shape index (κ2) is 3.66. The highest BCUT2D eigenvalue weighted by atomic mass is 28.2. The lowest BCUT2D eigenvalue weighted by Gasteiger charge is -1.99. The molecule has 0 unspecified atom stereocenters. The molecule has 2 nitrogen and oxygen atoms in total. The van der Waals surface area contributed by atoms with E-state index in [2.05, 4.69) is 14.9 Å². The molecule has 0 saturated carbocycles. The van der Waals surface area contributed by atoms with E-state index in [-0.39, 0.29) is 5.97 Å². The molecule has 0 N–H and O–H groups in total. The van der Waals surface area contributed by atoms with Gasteiger partial charge in [0.2, 0.25) is 0 Å². The first-order chi connectivity index (χ1) is 3.66. The van der Waals surface area contributed by atoms with Crippen LogP contribution in [0.15, 0.2) is 0 Å². The van der Waals surface area contributed by atoms with E-state index in [0.717, 1.165) is 0 Å². The van der Waals surface area contributed by atoms with Crippen LogP contribution in [-0.4, -0.2) is 16.5 Å². The molecule has 3 radical (unpaired) electrons. The average molecular weight is 129 g/mol. The molecule has 0 aliphatic heterocycles. The van der Waals surface area contributed by atoms with Crippen molar-refractivity contribution in [2.45, 2.75) is 20.3 Å². The Hall–Kier alpha value is -0.313. The van der Waals surface area contributed by atoms with Gasteiger partial charge in [-0.2, -0.15) is 0 Å². The van der Waals surface area contributed by atoms with Crippen LogP contribution in [0.5, 0.6) is 0 Å². The number of carbonyl (C=O) groups is 1. The van der Waals surface area contributed by atoms with Crippen LogP contribution in [0, 0.1) is 5.92 Å². The molecule has 0 spiro atoms. The lowest BCUT2D eigenvalue weighted by atomic mass is 10.1. The van der Waals surface area contributed by atoms with Crippen molar-refractivity contribution >= 4 is 16.5 Å². The van der Waals surface area contributed by atoms with Gasteiger partial charge in [-0.05, 0) is 5.92 Å². The van der Waals surface area contributed by atoms with Gasteiger partial charge in [-0.1, -0.05) is 13.8 Å². The van der Waals surface area contributed by atoms with E-state index in [0.29, 0.717) is 12.3 Å². The third-order valence-corrected chi connectivity index (χ3v) is 0.916. The molecule has 0 aliphatic carbocycles. The van der Waals surface area contributed by atoms with E-state index >= 15 is 0 Å². The maximum Gasteiger partial charge on any atom is 0.345 e. The highest BCUT2D eigenvalue weighted by Crippen LogP contribution is 1.98. The minimum atomic E-state index is -0.211. The Morgan fingerprint density at radius 2 is 2.25 bits per heavy atom. The van der Waals surface area contributed by atoms with Gasteiger partial charge < -0.3 is 4.43 Å². The van der Waals surface area contributed by atoms with Crippen LogP contribution in [0.4, 0.5) is 0 Å². The summed E-state index contributed by atoms with van der Waals surface area (Å²) in [7, 11) is 2.64. The second-order valence-corrected chi connectivity index (χ2v) is 2.28. The predicted octanol–water partition coefficient (Wildman–Crippen LogP) is 0.659. The SMILES string of the molecule is CC(C)CC(=O)O[Si]. The zero-order valence-electron chi connectivity index (χ0n) is 5.10. The van der Waals surface area contributed by atoms with E-state index in [4.69, 9.17) is 0 Å². The van der Waals surface area contributed by atoms with Gasteiger partial charge in [0.25, 0.3) is 5.97 Å². The smallest absolute Gasteiger partial charge is 0.345 e. The summed E-state index contributed by atoms with van der Waals surface area (Å²) in [4.78, 5) is 10.4. The standard InChI is InChI=1S/C5H9O2Si/c1-4(2)3-5(6)7-8/h4H,3H2,1-2H3. The summed E-state index contributed by atoms with van der Waals surface area (Å²) in [5.74, 6) is 0.163. The molecule has 45 valence electrons. The lowest BCUT2D eigenvalue weighted by Crippen LogP contribution is -2.04. The molecule has 0 aromatic rings. The Morgan fingerprint density at radius 3 is 2.38 bits per heavy atom. The molecule has 0 saturated heterocycles. The molecule has 0 aromatic heterocycles. The van der Waals surface area contributed by atoms with Crippen LogP contribution in [-0.2, 0) is 9.22 Å². The van der Waals surface area contributed by atoms with Crippen LogP contribution in [0.2, 0.25) is 0 Å². The summed E-state index contributed by atoms with van der Waals surface area (Å²) in [6.07, 6.45) is 0.476. The summed E-state index contributed by atoms with van der Waals surface area (Å²) in [5.41, 5.74) is 0. The van der Waals surface area contributed by atoms with Gasteiger partial charge in [-0.15, -0.1) is 0 Å². The van der Waals surface area contributed by atoms with Crippen molar-refractivity contribution in [3.63, 3.8) is 0 Å². The number of hydrogen-bond donors (Lipinski definition) is 0. The minimum Gasteiger partial charge on any atom is -0.516 e. The first-order valence-electron chi connectivity index (χ1n) is 2.53. The molecule has 0 bridgehead atoms. The molecule has 0 amide bonds. The maximum absolute atomic E-state index is 10.4. The number of hydrogen-bond acceptors (Lipinski definition) is 2. The van der Waals surface area contributed by atoms with E-state index in [9.17, 15) is 4.79 Å². The Balaban J connectivity index is 3.25. The summed E-state index contributed by atoms with van der Waals surface area (Å²) < 4.78 is 4.23. The third kappa shape index (κ3) is 3.86. The molecular weight excluding hydrogens is 120 g/mol. The molecule has 0 fully saturated rings. The van der Waals surface area contributed by atoms with E-state index < -0.39 is 0 Å². The minimum absolute atomic E-state index is 0.211.